The van der Waals surface area contributed by atoms with Crippen molar-refractivity contribution in [3.8, 4) is 0 Å². The lowest BCUT2D eigenvalue weighted by atomic mass is 10.0. The number of aliphatic hydroxyl groups is 1. The Morgan fingerprint density at radius 3 is 2.62 bits per heavy atom. The Bertz CT molecular complexity index is 628. The average molecular weight is 326 g/mol. The number of piperidine rings is 1. The van der Waals surface area contributed by atoms with Crippen molar-refractivity contribution < 1.29 is 5.11 Å². The van der Waals surface area contributed by atoms with Crippen molar-refractivity contribution in [2.75, 3.05) is 23.3 Å². The van der Waals surface area contributed by atoms with E-state index in [1.54, 1.807) is 6.33 Å². The van der Waals surface area contributed by atoms with Gasteiger partial charge < -0.3 is 15.3 Å². The van der Waals surface area contributed by atoms with Crippen LogP contribution in [-0.2, 0) is 6.42 Å². The zero-order valence-electron chi connectivity index (χ0n) is 14.2. The summed E-state index contributed by atoms with van der Waals surface area (Å²) in [5.41, 5.74) is 1.13. The second-order valence-corrected chi connectivity index (χ2v) is 6.50. The van der Waals surface area contributed by atoms with E-state index in [-0.39, 0.29) is 6.04 Å². The van der Waals surface area contributed by atoms with Gasteiger partial charge in [0.15, 0.2) is 0 Å². The van der Waals surface area contributed by atoms with Gasteiger partial charge in [-0.25, -0.2) is 9.97 Å². The Balaban J connectivity index is 1.60. The first kappa shape index (κ1) is 16.7. The molecule has 1 aliphatic heterocycles. The monoisotopic (exact) mass is 326 g/mol. The van der Waals surface area contributed by atoms with Gasteiger partial charge in [0.2, 0.25) is 0 Å². The number of aromatic nitrogens is 2. The topological polar surface area (TPSA) is 61.3 Å². The van der Waals surface area contributed by atoms with Crippen LogP contribution in [0, 0.1) is 0 Å². The molecule has 24 heavy (non-hydrogen) atoms. The number of nitrogens with zero attached hydrogens (tertiary/aromatic N) is 3. The van der Waals surface area contributed by atoms with Crippen molar-refractivity contribution in [1.29, 1.82) is 0 Å². The van der Waals surface area contributed by atoms with E-state index in [4.69, 9.17) is 0 Å². The Labute approximate surface area is 143 Å². The summed E-state index contributed by atoms with van der Waals surface area (Å²) in [6.07, 6.45) is 5.50. The highest BCUT2D eigenvalue weighted by molar-refractivity contribution is 5.49. The van der Waals surface area contributed by atoms with Gasteiger partial charge in [-0.3, -0.25) is 0 Å². The van der Waals surface area contributed by atoms with E-state index in [1.165, 1.54) is 19.3 Å². The smallest absolute Gasteiger partial charge is 0.134 e. The molecule has 0 amide bonds. The fourth-order valence-electron chi connectivity index (χ4n) is 3.08. The minimum atomic E-state index is -0.471. The van der Waals surface area contributed by atoms with Gasteiger partial charge in [-0.15, -0.1) is 0 Å². The van der Waals surface area contributed by atoms with Crippen LogP contribution in [0.4, 0.5) is 11.6 Å². The minimum Gasteiger partial charge on any atom is -0.391 e. The summed E-state index contributed by atoms with van der Waals surface area (Å²) in [4.78, 5) is 11.0. The van der Waals surface area contributed by atoms with Gasteiger partial charge in [-0.1, -0.05) is 30.3 Å². The molecule has 0 saturated carbocycles. The van der Waals surface area contributed by atoms with E-state index in [2.05, 4.69) is 20.2 Å². The molecule has 1 aromatic heterocycles. The molecule has 2 atom stereocenters. The van der Waals surface area contributed by atoms with Crippen LogP contribution in [0.1, 0.15) is 31.7 Å². The van der Waals surface area contributed by atoms with Crippen molar-refractivity contribution in [3.05, 3.63) is 48.3 Å². The van der Waals surface area contributed by atoms with E-state index in [0.29, 0.717) is 6.42 Å². The number of benzene rings is 1. The molecule has 0 aliphatic carbocycles. The molecular weight excluding hydrogens is 300 g/mol. The largest absolute Gasteiger partial charge is 0.391 e. The Morgan fingerprint density at radius 2 is 1.88 bits per heavy atom. The summed E-state index contributed by atoms with van der Waals surface area (Å²) in [5, 5.41) is 13.7. The molecule has 1 fully saturated rings. The number of anilines is 2. The molecule has 2 unspecified atom stereocenters. The average Bonchev–Trinajstić information content (AvgIpc) is 2.63. The van der Waals surface area contributed by atoms with Gasteiger partial charge >= 0.3 is 0 Å². The number of hydrogen-bond acceptors (Lipinski definition) is 5. The third-order valence-electron chi connectivity index (χ3n) is 4.57. The summed E-state index contributed by atoms with van der Waals surface area (Å²) >= 11 is 0. The first-order valence-corrected chi connectivity index (χ1v) is 8.78. The Kier molecular flexibility index (Phi) is 5.64. The third kappa shape index (κ3) is 4.45. The van der Waals surface area contributed by atoms with Crippen LogP contribution in [0.15, 0.2) is 42.7 Å². The lowest BCUT2D eigenvalue weighted by molar-refractivity contribution is 0.158. The molecule has 1 aliphatic rings. The van der Waals surface area contributed by atoms with Gasteiger partial charge in [0.05, 0.1) is 12.1 Å². The Hall–Kier alpha value is -2.14. The maximum absolute atomic E-state index is 10.4. The zero-order chi connectivity index (χ0) is 16.8. The quantitative estimate of drug-likeness (QED) is 0.855. The molecule has 5 nitrogen and oxygen atoms in total. The first-order valence-electron chi connectivity index (χ1n) is 8.78. The summed E-state index contributed by atoms with van der Waals surface area (Å²) in [6.45, 7) is 4.10. The van der Waals surface area contributed by atoms with Gasteiger partial charge in [-0.2, -0.15) is 0 Å². The molecule has 0 spiro atoms. The van der Waals surface area contributed by atoms with Crippen LogP contribution in [0.2, 0.25) is 0 Å². The van der Waals surface area contributed by atoms with E-state index in [0.717, 1.165) is 30.3 Å². The molecule has 2 heterocycles. The van der Waals surface area contributed by atoms with Crippen molar-refractivity contribution in [1.82, 2.24) is 9.97 Å². The lowest BCUT2D eigenvalue weighted by Gasteiger charge is -2.28. The SMILES string of the molecule is CC(Nc1cc(N2CCCCC2)ncn1)C(O)Cc1ccccc1. The third-order valence-corrected chi connectivity index (χ3v) is 4.57. The van der Waals surface area contributed by atoms with Crippen LogP contribution in [0.25, 0.3) is 0 Å². The van der Waals surface area contributed by atoms with E-state index < -0.39 is 6.10 Å². The van der Waals surface area contributed by atoms with Crippen LogP contribution >= 0.6 is 0 Å². The molecule has 5 heteroatoms. The van der Waals surface area contributed by atoms with Crippen molar-refractivity contribution in [3.63, 3.8) is 0 Å². The van der Waals surface area contributed by atoms with Crippen LogP contribution in [-0.4, -0.2) is 40.3 Å². The normalized spacial score (nSPS) is 17.3. The maximum atomic E-state index is 10.4. The van der Waals surface area contributed by atoms with Gasteiger partial charge in [0.25, 0.3) is 0 Å². The molecular formula is C19H26N4O. The summed E-state index contributed by atoms with van der Waals surface area (Å²) in [7, 11) is 0. The second kappa shape index (κ2) is 8.11. The van der Waals surface area contributed by atoms with Crippen LogP contribution < -0.4 is 10.2 Å². The summed E-state index contributed by atoms with van der Waals surface area (Å²) in [6, 6.07) is 11.9. The molecule has 0 bridgehead atoms. The summed E-state index contributed by atoms with van der Waals surface area (Å²) < 4.78 is 0. The molecule has 2 aromatic rings. The molecule has 0 radical (unpaired) electrons. The zero-order valence-corrected chi connectivity index (χ0v) is 14.2. The van der Waals surface area contributed by atoms with Gasteiger partial charge in [-0.05, 0) is 31.7 Å². The summed E-state index contributed by atoms with van der Waals surface area (Å²) in [5.74, 6) is 1.74. The fraction of sp³-hybridized carbons (Fsp3) is 0.474. The second-order valence-electron chi connectivity index (χ2n) is 6.50. The highest BCUT2D eigenvalue weighted by Gasteiger charge is 2.17. The first-order chi connectivity index (χ1) is 11.7. The van der Waals surface area contributed by atoms with E-state index in [1.807, 2.05) is 43.3 Å². The molecule has 1 aromatic carbocycles. The minimum absolute atomic E-state index is 0.0886. The van der Waals surface area contributed by atoms with Crippen LogP contribution in [0.3, 0.4) is 0 Å². The molecule has 1 saturated heterocycles. The van der Waals surface area contributed by atoms with Crippen molar-refractivity contribution >= 4 is 11.6 Å². The molecule has 3 rings (SSSR count). The molecule has 128 valence electrons. The number of nitrogens with one attached hydrogen (secondary N) is 1. The van der Waals surface area contributed by atoms with Crippen molar-refractivity contribution in [2.45, 2.75) is 44.8 Å². The predicted octanol–water partition coefficient (Wildman–Crippen LogP) is 2.87. The van der Waals surface area contributed by atoms with Gasteiger partial charge in [0, 0.05) is 25.6 Å². The lowest BCUT2D eigenvalue weighted by Crippen LogP contribution is -2.33. The molecule has 2 N–H and O–H groups in total. The number of aliphatic hydroxyl groups excluding tert-OH is 1. The highest BCUT2D eigenvalue weighted by atomic mass is 16.3. The Morgan fingerprint density at radius 1 is 1.12 bits per heavy atom. The standard InChI is InChI=1S/C19H26N4O/c1-15(17(24)12-16-8-4-2-5-9-16)22-18-13-19(21-14-20-18)23-10-6-3-7-11-23/h2,4-5,8-9,13-15,17,24H,3,6-7,10-12H2,1H3,(H,20,21,22). The predicted molar refractivity (Wildman–Crippen MR) is 97.3 cm³/mol. The van der Waals surface area contributed by atoms with Gasteiger partial charge in [0.1, 0.15) is 18.0 Å². The van der Waals surface area contributed by atoms with Crippen molar-refractivity contribution in [2.24, 2.45) is 0 Å². The highest BCUT2D eigenvalue weighted by Crippen LogP contribution is 2.20. The number of hydrogen-bond donors (Lipinski definition) is 2. The van der Waals surface area contributed by atoms with E-state index in [9.17, 15) is 5.11 Å². The fourth-order valence-corrected chi connectivity index (χ4v) is 3.08. The maximum Gasteiger partial charge on any atom is 0.134 e. The van der Waals surface area contributed by atoms with Crippen LogP contribution in [0.5, 0.6) is 0 Å². The number of rotatable bonds is 6. The van der Waals surface area contributed by atoms with E-state index >= 15 is 0 Å².